The van der Waals surface area contributed by atoms with Crippen molar-refractivity contribution < 1.29 is 4.74 Å². The first-order chi connectivity index (χ1) is 10.3. The van der Waals surface area contributed by atoms with E-state index in [0.717, 1.165) is 31.2 Å². The zero-order valence-corrected chi connectivity index (χ0v) is 13.7. The highest BCUT2D eigenvalue weighted by molar-refractivity contribution is 5.28. The van der Waals surface area contributed by atoms with Gasteiger partial charge in [0.25, 0.3) is 0 Å². The molecule has 0 heterocycles. The van der Waals surface area contributed by atoms with Crippen LogP contribution in [-0.2, 0) is 6.54 Å². The standard InChI is InChI=1S/C19H31NO/c1-3-13-21-19-12-8-9-17(14-19)15-20-16(2)18-10-6-4-5-7-11-18/h8-9,12,14,16,18,20H,3-7,10-11,13,15H2,1-2H3/t16-/m1/s1. The van der Waals surface area contributed by atoms with Crippen LogP contribution in [-0.4, -0.2) is 12.6 Å². The van der Waals surface area contributed by atoms with Crippen molar-refractivity contribution >= 4 is 0 Å². The van der Waals surface area contributed by atoms with Crippen molar-refractivity contribution in [3.63, 3.8) is 0 Å². The van der Waals surface area contributed by atoms with Crippen molar-refractivity contribution in [1.82, 2.24) is 5.32 Å². The van der Waals surface area contributed by atoms with Gasteiger partial charge in [0.2, 0.25) is 0 Å². The second-order valence-corrected chi connectivity index (χ2v) is 6.42. The summed E-state index contributed by atoms with van der Waals surface area (Å²) in [7, 11) is 0. The van der Waals surface area contributed by atoms with E-state index in [2.05, 4.69) is 37.4 Å². The van der Waals surface area contributed by atoms with Gasteiger partial charge < -0.3 is 10.1 Å². The Balaban J connectivity index is 1.81. The number of benzene rings is 1. The van der Waals surface area contributed by atoms with E-state index in [4.69, 9.17) is 4.74 Å². The second-order valence-electron chi connectivity index (χ2n) is 6.42. The highest BCUT2D eigenvalue weighted by Crippen LogP contribution is 2.25. The van der Waals surface area contributed by atoms with Crippen LogP contribution in [0.4, 0.5) is 0 Å². The molecule has 1 aromatic carbocycles. The lowest BCUT2D eigenvalue weighted by atomic mass is 9.93. The molecule has 1 N–H and O–H groups in total. The topological polar surface area (TPSA) is 21.3 Å². The quantitative estimate of drug-likeness (QED) is 0.719. The molecule has 1 aliphatic rings. The van der Waals surface area contributed by atoms with Crippen molar-refractivity contribution in [1.29, 1.82) is 0 Å². The maximum Gasteiger partial charge on any atom is 0.119 e. The summed E-state index contributed by atoms with van der Waals surface area (Å²) in [4.78, 5) is 0. The summed E-state index contributed by atoms with van der Waals surface area (Å²) >= 11 is 0. The van der Waals surface area contributed by atoms with Gasteiger partial charge in [0.05, 0.1) is 6.61 Å². The molecule has 2 nitrogen and oxygen atoms in total. The number of ether oxygens (including phenoxy) is 1. The maximum absolute atomic E-state index is 5.71. The first kappa shape index (κ1) is 16.4. The zero-order valence-electron chi connectivity index (χ0n) is 13.7. The number of hydrogen-bond acceptors (Lipinski definition) is 2. The van der Waals surface area contributed by atoms with E-state index in [1.165, 1.54) is 44.1 Å². The fourth-order valence-electron chi connectivity index (χ4n) is 3.22. The van der Waals surface area contributed by atoms with Crippen LogP contribution in [0.2, 0.25) is 0 Å². The minimum absolute atomic E-state index is 0.614. The molecule has 2 rings (SSSR count). The van der Waals surface area contributed by atoms with Gasteiger partial charge in [0.1, 0.15) is 5.75 Å². The van der Waals surface area contributed by atoms with Gasteiger partial charge in [-0.3, -0.25) is 0 Å². The van der Waals surface area contributed by atoms with Crippen LogP contribution in [0.25, 0.3) is 0 Å². The molecule has 0 unspecified atom stereocenters. The molecule has 0 saturated heterocycles. The Kier molecular flexibility index (Phi) is 7.08. The van der Waals surface area contributed by atoms with Crippen LogP contribution in [0.15, 0.2) is 24.3 Å². The highest BCUT2D eigenvalue weighted by Gasteiger charge is 2.18. The minimum Gasteiger partial charge on any atom is -0.494 e. The largest absolute Gasteiger partial charge is 0.494 e. The van der Waals surface area contributed by atoms with Gasteiger partial charge in [-0.2, -0.15) is 0 Å². The Morgan fingerprint density at radius 3 is 2.67 bits per heavy atom. The van der Waals surface area contributed by atoms with Gasteiger partial charge in [-0.05, 0) is 49.8 Å². The molecule has 0 radical (unpaired) electrons. The molecule has 0 amide bonds. The summed E-state index contributed by atoms with van der Waals surface area (Å²) in [6.45, 7) is 6.24. The Bertz CT molecular complexity index is 396. The maximum atomic E-state index is 5.71. The van der Waals surface area contributed by atoms with Gasteiger partial charge in [0.15, 0.2) is 0 Å². The lowest BCUT2D eigenvalue weighted by molar-refractivity contribution is 0.316. The molecule has 0 spiro atoms. The molecule has 0 aromatic heterocycles. The lowest BCUT2D eigenvalue weighted by Gasteiger charge is -2.23. The first-order valence-corrected chi connectivity index (χ1v) is 8.74. The van der Waals surface area contributed by atoms with Crippen LogP contribution in [0.1, 0.15) is 64.4 Å². The van der Waals surface area contributed by atoms with Crippen molar-refractivity contribution in [3.05, 3.63) is 29.8 Å². The smallest absolute Gasteiger partial charge is 0.119 e. The average molecular weight is 289 g/mol. The van der Waals surface area contributed by atoms with Gasteiger partial charge in [-0.15, -0.1) is 0 Å². The molecular weight excluding hydrogens is 258 g/mol. The summed E-state index contributed by atoms with van der Waals surface area (Å²) in [6.07, 6.45) is 9.54. The number of nitrogens with one attached hydrogen (secondary N) is 1. The Morgan fingerprint density at radius 2 is 1.95 bits per heavy atom. The van der Waals surface area contributed by atoms with Crippen molar-refractivity contribution in [3.8, 4) is 5.75 Å². The third kappa shape index (κ3) is 5.70. The summed E-state index contributed by atoms with van der Waals surface area (Å²) in [6, 6.07) is 9.11. The fraction of sp³-hybridized carbons (Fsp3) is 0.684. The minimum atomic E-state index is 0.614. The summed E-state index contributed by atoms with van der Waals surface area (Å²) in [5.74, 6) is 1.85. The van der Waals surface area contributed by atoms with E-state index in [-0.39, 0.29) is 0 Å². The predicted molar refractivity (Wildman–Crippen MR) is 89.7 cm³/mol. The molecule has 0 bridgehead atoms. The van der Waals surface area contributed by atoms with Crippen LogP contribution < -0.4 is 10.1 Å². The van der Waals surface area contributed by atoms with Crippen molar-refractivity contribution in [2.24, 2.45) is 5.92 Å². The lowest BCUT2D eigenvalue weighted by Crippen LogP contribution is -2.32. The fourth-order valence-corrected chi connectivity index (χ4v) is 3.22. The number of rotatable bonds is 7. The third-order valence-corrected chi connectivity index (χ3v) is 4.61. The van der Waals surface area contributed by atoms with Gasteiger partial charge in [-0.25, -0.2) is 0 Å². The Morgan fingerprint density at radius 1 is 1.19 bits per heavy atom. The summed E-state index contributed by atoms with van der Waals surface area (Å²) < 4.78 is 5.71. The SMILES string of the molecule is CCCOc1cccc(CN[C@H](C)C2CCCCCC2)c1. The van der Waals surface area contributed by atoms with Crippen LogP contribution in [0.3, 0.4) is 0 Å². The monoisotopic (exact) mass is 289 g/mol. The van der Waals surface area contributed by atoms with Crippen LogP contribution in [0, 0.1) is 5.92 Å². The first-order valence-electron chi connectivity index (χ1n) is 8.74. The molecule has 1 aromatic rings. The molecule has 0 aliphatic heterocycles. The van der Waals surface area contributed by atoms with E-state index in [1.807, 2.05) is 6.07 Å². The van der Waals surface area contributed by atoms with Gasteiger partial charge in [0, 0.05) is 12.6 Å². The third-order valence-electron chi connectivity index (χ3n) is 4.61. The van der Waals surface area contributed by atoms with E-state index < -0.39 is 0 Å². The van der Waals surface area contributed by atoms with Crippen LogP contribution in [0.5, 0.6) is 5.75 Å². The molecule has 118 valence electrons. The number of hydrogen-bond donors (Lipinski definition) is 1. The molecule has 1 saturated carbocycles. The van der Waals surface area contributed by atoms with Crippen LogP contribution >= 0.6 is 0 Å². The molecule has 1 fully saturated rings. The molecule has 2 heteroatoms. The van der Waals surface area contributed by atoms with E-state index in [1.54, 1.807) is 0 Å². The Hall–Kier alpha value is -1.02. The van der Waals surface area contributed by atoms with Crippen molar-refractivity contribution in [2.75, 3.05) is 6.61 Å². The second kappa shape index (κ2) is 9.09. The molecule has 1 aliphatic carbocycles. The normalized spacial score (nSPS) is 18.2. The zero-order chi connectivity index (χ0) is 14.9. The molecule has 1 atom stereocenters. The molecule has 21 heavy (non-hydrogen) atoms. The van der Waals surface area contributed by atoms with Crippen molar-refractivity contribution in [2.45, 2.75) is 71.4 Å². The van der Waals surface area contributed by atoms with E-state index in [0.29, 0.717) is 6.04 Å². The van der Waals surface area contributed by atoms with Gasteiger partial charge >= 0.3 is 0 Å². The molecular formula is C19H31NO. The Labute approximate surface area is 130 Å². The van der Waals surface area contributed by atoms with E-state index >= 15 is 0 Å². The highest BCUT2D eigenvalue weighted by atomic mass is 16.5. The predicted octanol–water partition coefficient (Wildman–Crippen LogP) is 4.92. The average Bonchev–Trinajstić information content (AvgIpc) is 2.80. The van der Waals surface area contributed by atoms with E-state index in [9.17, 15) is 0 Å². The van der Waals surface area contributed by atoms with Gasteiger partial charge in [-0.1, -0.05) is 44.7 Å². The summed E-state index contributed by atoms with van der Waals surface area (Å²) in [5.41, 5.74) is 1.32. The summed E-state index contributed by atoms with van der Waals surface area (Å²) in [5, 5.41) is 3.72.